The second-order valence-electron chi connectivity index (χ2n) is 5.81. The van der Waals surface area contributed by atoms with Crippen molar-refractivity contribution in [2.24, 2.45) is 0 Å². The Kier molecular flexibility index (Phi) is 6.08. The third-order valence-corrected chi connectivity index (χ3v) is 3.97. The molecule has 144 valence electrons. The Balaban J connectivity index is 2.48. The van der Waals surface area contributed by atoms with Crippen molar-refractivity contribution in [3.05, 3.63) is 22.7 Å². The molecule has 0 aliphatic carbocycles. The molecule has 0 unspecified atom stereocenters. The highest BCUT2D eigenvalue weighted by molar-refractivity contribution is 5.87. The third kappa shape index (κ3) is 3.75. The van der Waals surface area contributed by atoms with E-state index in [9.17, 15) is 24.6 Å². The van der Waals surface area contributed by atoms with Gasteiger partial charge in [0.1, 0.15) is 5.82 Å². The number of nitrogens with one attached hydrogen (secondary N) is 1. The minimum absolute atomic E-state index is 0.0241. The van der Waals surface area contributed by atoms with E-state index in [2.05, 4.69) is 10.3 Å². The molecule has 26 heavy (non-hydrogen) atoms. The zero-order valence-corrected chi connectivity index (χ0v) is 14.7. The molecule has 1 amide bonds. The number of hydrogen-bond donors (Lipinski definition) is 3. The molecule has 2 rings (SSSR count). The van der Waals surface area contributed by atoms with E-state index in [-0.39, 0.29) is 18.8 Å². The summed E-state index contributed by atoms with van der Waals surface area (Å²) in [5.41, 5.74) is -2.73. The highest BCUT2D eigenvalue weighted by Gasteiger charge is 2.55. The van der Waals surface area contributed by atoms with Crippen LogP contribution in [0.15, 0.2) is 17.1 Å². The van der Waals surface area contributed by atoms with Crippen LogP contribution >= 0.6 is 0 Å². The Labute approximate surface area is 149 Å². The molecule has 1 fully saturated rings. The van der Waals surface area contributed by atoms with Crippen LogP contribution in [0.4, 0.5) is 5.82 Å². The van der Waals surface area contributed by atoms with Crippen LogP contribution in [0.1, 0.15) is 20.3 Å². The van der Waals surface area contributed by atoms with Gasteiger partial charge in [0.05, 0.1) is 25.4 Å². The molecule has 3 atom stereocenters. The van der Waals surface area contributed by atoms with Gasteiger partial charge in [-0.2, -0.15) is 10.0 Å². The van der Waals surface area contributed by atoms with Gasteiger partial charge in [-0.25, -0.2) is 9.59 Å². The number of anilines is 1. The maximum absolute atomic E-state index is 12.6. The predicted octanol–water partition coefficient (Wildman–Crippen LogP) is -1.59. The average Bonchev–Trinajstić information content (AvgIpc) is 2.92. The summed E-state index contributed by atoms with van der Waals surface area (Å²) in [4.78, 5) is 45.5. The minimum atomic E-state index is -1.88. The zero-order chi connectivity index (χ0) is 19.5. The largest absolute Gasteiger partial charge is 0.462 e. The summed E-state index contributed by atoms with van der Waals surface area (Å²) in [6.07, 6.45) is -0.0943. The predicted molar refractivity (Wildman–Crippen MR) is 87.8 cm³/mol. The molecule has 3 N–H and O–H groups in total. The van der Waals surface area contributed by atoms with Crippen molar-refractivity contribution < 1.29 is 29.4 Å². The number of aromatic nitrogens is 2. The topological polar surface area (TPSA) is 143 Å². The monoisotopic (exact) mass is 370 g/mol. The van der Waals surface area contributed by atoms with Gasteiger partial charge in [-0.05, 0) is 13.0 Å². The number of likely N-dealkylation sites (N-methyl/N-ethyl adjacent to an activating group) is 1. The van der Waals surface area contributed by atoms with Crippen LogP contribution in [0.25, 0.3) is 0 Å². The fraction of sp³-hybridized carbons (Fsp3) is 0.600. The Morgan fingerprint density at radius 3 is 2.81 bits per heavy atom. The first kappa shape index (κ1) is 20.0. The number of hydrogen-bond acceptors (Lipinski definition) is 9. The van der Waals surface area contributed by atoms with Crippen molar-refractivity contribution in [3.63, 3.8) is 0 Å². The fourth-order valence-corrected chi connectivity index (χ4v) is 2.79. The summed E-state index contributed by atoms with van der Waals surface area (Å²) in [6, 6.07) is 0.578. The van der Waals surface area contributed by atoms with Gasteiger partial charge in [0.25, 0.3) is 5.72 Å². The van der Waals surface area contributed by atoms with Crippen LogP contribution in [-0.4, -0.2) is 69.1 Å². The third-order valence-electron chi connectivity index (χ3n) is 3.97. The number of nitrogens with zero attached hydrogens (tertiary/aromatic N) is 3. The van der Waals surface area contributed by atoms with Gasteiger partial charge in [-0.1, -0.05) is 0 Å². The lowest BCUT2D eigenvalue weighted by Gasteiger charge is -2.27. The number of hydroxylamine groups is 2. The first-order valence-electron chi connectivity index (χ1n) is 8.01. The van der Waals surface area contributed by atoms with E-state index in [1.807, 2.05) is 0 Å². The second-order valence-corrected chi connectivity index (χ2v) is 5.81. The molecule has 0 spiro atoms. The number of esters is 1. The molecule has 1 aliphatic heterocycles. The molecule has 1 aliphatic rings. The van der Waals surface area contributed by atoms with Crippen molar-refractivity contribution in [2.75, 3.05) is 25.6 Å². The molecule has 11 nitrogen and oxygen atoms in total. The SMILES string of the molecule is CCOC(=O)[C@]1(n2ccc(NC(C)=O)nc2=O)C[C@@H]([C@H](O)CO)N(C)O1. The van der Waals surface area contributed by atoms with Gasteiger partial charge in [0, 0.05) is 26.6 Å². The van der Waals surface area contributed by atoms with E-state index in [4.69, 9.17) is 9.57 Å². The summed E-state index contributed by atoms with van der Waals surface area (Å²) >= 11 is 0. The Bertz CT molecular complexity index is 737. The maximum Gasteiger partial charge on any atom is 0.362 e. The van der Waals surface area contributed by atoms with Crippen molar-refractivity contribution in [1.82, 2.24) is 14.6 Å². The van der Waals surface area contributed by atoms with Crippen LogP contribution in [0.2, 0.25) is 0 Å². The summed E-state index contributed by atoms with van der Waals surface area (Å²) in [6.45, 7) is 2.37. The first-order chi connectivity index (χ1) is 12.2. The quantitative estimate of drug-likeness (QED) is 0.505. The van der Waals surface area contributed by atoms with Gasteiger partial charge in [0.15, 0.2) is 0 Å². The molecular weight excluding hydrogens is 348 g/mol. The molecule has 1 aromatic heterocycles. The summed E-state index contributed by atoms with van der Waals surface area (Å²) in [5.74, 6) is -1.22. The normalized spacial score (nSPS) is 24.3. The highest BCUT2D eigenvalue weighted by Crippen LogP contribution is 2.36. The Hall–Kier alpha value is -2.34. The maximum atomic E-state index is 12.6. The highest BCUT2D eigenvalue weighted by atomic mass is 16.7. The van der Waals surface area contributed by atoms with E-state index in [0.717, 1.165) is 4.57 Å². The van der Waals surface area contributed by atoms with Crippen LogP contribution in [0.3, 0.4) is 0 Å². The molecule has 0 radical (unpaired) electrons. The number of rotatable bonds is 6. The number of aliphatic hydroxyl groups excluding tert-OH is 2. The summed E-state index contributed by atoms with van der Waals surface area (Å²) in [7, 11) is 1.47. The molecular formula is C15H22N4O7. The van der Waals surface area contributed by atoms with Crippen molar-refractivity contribution in [2.45, 2.75) is 38.1 Å². The van der Waals surface area contributed by atoms with Gasteiger partial charge in [-0.15, -0.1) is 0 Å². The number of aliphatic hydroxyl groups is 2. The van der Waals surface area contributed by atoms with Crippen LogP contribution in [0, 0.1) is 0 Å². The molecule has 0 saturated carbocycles. The van der Waals surface area contributed by atoms with Gasteiger partial charge >= 0.3 is 11.7 Å². The number of ether oxygens (including phenoxy) is 1. The van der Waals surface area contributed by atoms with Crippen molar-refractivity contribution in [1.29, 1.82) is 0 Å². The lowest BCUT2D eigenvalue weighted by molar-refractivity contribution is -0.241. The molecule has 1 aromatic rings. The van der Waals surface area contributed by atoms with Gasteiger partial charge < -0.3 is 20.3 Å². The Morgan fingerprint density at radius 1 is 1.58 bits per heavy atom. The van der Waals surface area contributed by atoms with Gasteiger partial charge in [0.2, 0.25) is 5.91 Å². The Morgan fingerprint density at radius 2 is 2.27 bits per heavy atom. The van der Waals surface area contributed by atoms with E-state index in [0.29, 0.717) is 0 Å². The first-order valence-corrected chi connectivity index (χ1v) is 8.01. The second kappa shape index (κ2) is 7.91. The van der Waals surface area contributed by atoms with Crippen molar-refractivity contribution in [3.8, 4) is 0 Å². The number of amides is 1. The molecule has 0 bridgehead atoms. The van der Waals surface area contributed by atoms with E-state index >= 15 is 0 Å². The molecule has 11 heteroatoms. The fourth-order valence-electron chi connectivity index (χ4n) is 2.79. The summed E-state index contributed by atoms with van der Waals surface area (Å²) in [5, 5.41) is 22.7. The van der Waals surface area contributed by atoms with E-state index < -0.39 is 42.0 Å². The molecule has 0 aromatic carbocycles. The van der Waals surface area contributed by atoms with E-state index in [1.165, 1.54) is 31.3 Å². The molecule has 2 heterocycles. The van der Waals surface area contributed by atoms with Crippen LogP contribution < -0.4 is 11.0 Å². The van der Waals surface area contributed by atoms with Crippen LogP contribution in [-0.2, 0) is 24.9 Å². The lowest BCUT2D eigenvalue weighted by Crippen LogP contribution is -2.49. The smallest absolute Gasteiger partial charge is 0.362 e. The minimum Gasteiger partial charge on any atom is -0.462 e. The van der Waals surface area contributed by atoms with Crippen molar-refractivity contribution >= 4 is 17.7 Å². The summed E-state index contributed by atoms with van der Waals surface area (Å²) < 4.78 is 5.99. The van der Waals surface area contributed by atoms with Crippen LogP contribution in [0.5, 0.6) is 0 Å². The average molecular weight is 370 g/mol. The number of carbonyl (C=O) groups excluding carboxylic acids is 2. The van der Waals surface area contributed by atoms with Gasteiger partial charge in [-0.3, -0.25) is 14.2 Å². The standard InChI is InChI=1S/C15H22N4O7/c1-4-25-13(23)15(7-10(11(22)8-20)18(3)26-15)19-6-5-12(16-9(2)21)17-14(19)24/h5-6,10-11,20,22H,4,7-8H2,1-3H3,(H,16,17,21,24)/t10-,11+,15-/m0/s1. The number of carbonyl (C=O) groups is 2. The lowest BCUT2D eigenvalue weighted by atomic mass is 10.0. The molecule has 1 saturated heterocycles. The zero-order valence-electron chi connectivity index (χ0n) is 14.7. The van der Waals surface area contributed by atoms with E-state index in [1.54, 1.807) is 6.92 Å².